The standard InChI is InChI=1S/C28H28N2O3/c1-17-12-26(17)30-19-10-11-27-18(13-19)14-20(33-27)15-29-28(31)32-16-25-23-8-4-2-6-21(23)22-7-3-5-9-24(22)25/h2-11,13,17,20,25-26,30H,12,14-16H2,1H3,(H,29,31). The van der Waals surface area contributed by atoms with Gasteiger partial charge in [-0.25, -0.2) is 4.79 Å². The lowest BCUT2D eigenvalue weighted by Gasteiger charge is -2.16. The minimum absolute atomic E-state index is 0.0650. The van der Waals surface area contributed by atoms with Crippen LogP contribution >= 0.6 is 0 Å². The van der Waals surface area contributed by atoms with Crippen LogP contribution in [0.5, 0.6) is 5.75 Å². The van der Waals surface area contributed by atoms with Crippen LogP contribution in [0, 0.1) is 5.92 Å². The fourth-order valence-corrected chi connectivity index (χ4v) is 5.11. The Labute approximate surface area is 194 Å². The molecule has 3 aromatic rings. The van der Waals surface area contributed by atoms with Gasteiger partial charge in [-0.15, -0.1) is 0 Å². The highest BCUT2D eigenvalue weighted by atomic mass is 16.5. The van der Waals surface area contributed by atoms with E-state index in [0.29, 0.717) is 19.2 Å². The zero-order valence-electron chi connectivity index (χ0n) is 18.7. The van der Waals surface area contributed by atoms with Crippen LogP contribution < -0.4 is 15.4 Å². The molecule has 0 radical (unpaired) electrons. The van der Waals surface area contributed by atoms with Crippen LogP contribution in [0.25, 0.3) is 11.1 Å². The molecular weight excluding hydrogens is 412 g/mol. The zero-order valence-corrected chi connectivity index (χ0v) is 18.7. The molecular formula is C28H28N2O3. The molecule has 1 saturated carbocycles. The van der Waals surface area contributed by atoms with Crippen molar-refractivity contribution in [3.63, 3.8) is 0 Å². The van der Waals surface area contributed by atoms with Crippen molar-refractivity contribution >= 4 is 11.8 Å². The van der Waals surface area contributed by atoms with E-state index in [4.69, 9.17) is 9.47 Å². The first-order valence-electron chi connectivity index (χ1n) is 11.8. The van der Waals surface area contributed by atoms with Gasteiger partial charge in [0.2, 0.25) is 0 Å². The number of nitrogens with one attached hydrogen (secondary N) is 2. The minimum Gasteiger partial charge on any atom is -0.488 e. The Hall–Kier alpha value is -3.47. The first-order valence-corrected chi connectivity index (χ1v) is 11.8. The maximum absolute atomic E-state index is 12.5. The number of amides is 1. The molecule has 0 aromatic heterocycles. The molecule has 3 atom stereocenters. The SMILES string of the molecule is CC1CC1Nc1ccc2c(c1)CC(CNC(=O)OCC1c3ccccc3-c3ccccc31)O2. The maximum Gasteiger partial charge on any atom is 0.407 e. The van der Waals surface area contributed by atoms with Crippen LogP contribution in [-0.2, 0) is 11.2 Å². The van der Waals surface area contributed by atoms with E-state index in [2.05, 4.69) is 66.1 Å². The summed E-state index contributed by atoms with van der Waals surface area (Å²) in [5, 5.41) is 6.46. The van der Waals surface area contributed by atoms with Crippen LogP contribution in [0.2, 0.25) is 0 Å². The van der Waals surface area contributed by atoms with E-state index >= 15 is 0 Å². The summed E-state index contributed by atoms with van der Waals surface area (Å²) in [5.74, 6) is 1.72. The molecule has 3 aliphatic rings. The van der Waals surface area contributed by atoms with E-state index in [9.17, 15) is 4.79 Å². The van der Waals surface area contributed by atoms with Gasteiger partial charge in [0.15, 0.2) is 0 Å². The van der Waals surface area contributed by atoms with Crippen molar-refractivity contribution in [1.82, 2.24) is 5.32 Å². The van der Waals surface area contributed by atoms with E-state index in [1.807, 2.05) is 18.2 Å². The first-order chi connectivity index (χ1) is 16.2. The lowest BCUT2D eigenvalue weighted by atomic mass is 9.98. The molecule has 2 aliphatic carbocycles. The summed E-state index contributed by atoms with van der Waals surface area (Å²) in [6, 6.07) is 23.6. The van der Waals surface area contributed by atoms with E-state index in [1.165, 1.54) is 34.2 Å². The Morgan fingerprint density at radius 3 is 2.42 bits per heavy atom. The van der Waals surface area contributed by atoms with E-state index in [1.54, 1.807) is 0 Å². The van der Waals surface area contributed by atoms with Gasteiger partial charge in [0.25, 0.3) is 0 Å². The van der Waals surface area contributed by atoms with Crippen LogP contribution in [0.15, 0.2) is 66.7 Å². The number of anilines is 1. The van der Waals surface area contributed by atoms with Crippen molar-refractivity contribution < 1.29 is 14.3 Å². The molecule has 1 aliphatic heterocycles. The van der Waals surface area contributed by atoms with Crippen LogP contribution in [0.3, 0.4) is 0 Å². The van der Waals surface area contributed by atoms with Gasteiger partial charge >= 0.3 is 6.09 Å². The fraction of sp³-hybridized carbons (Fsp3) is 0.321. The molecule has 1 amide bonds. The number of rotatable bonds is 6. The molecule has 1 heterocycles. The number of hydrogen-bond acceptors (Lipinski definition) is 4. The van der Waals surface area contributed by atoms with Gasteiger partial charge in [-0.05, 0) is 58.4 Å². The maximum atomic E-state index is 12.5. The van der Waals surface area contributed by atoms with Gasteiger partial charge < -0.3 is 20.1 Å². The second kappa shape index (κ2) is 8.14. The zero-order chi connectivity index (χ0) is 22.4. The summed E-state index contributed by atoms with van der Waals surface area (Å²) in [7, 11) is 0. The smallest absolute Gasteiger partial charge is 0.407 e. The van der Waals surface area contributed by atoms with Crippen molar-refractivity contribution in [2.75, 3.05) is 18.5 Å². The minimum atomic E-state index is -0.401. The summed E-state index contributed by atoms with van der Waals surface area (Å²) in [5.41, 5.74) is 7.22. The third kappa shape index (κ3) is 3.92. The molecule has 3 unspecified atom stereocenters. The van der Waals surface area contributed by atoms with Gasteiger partial charge in [-0.2, -0.15) is 0 Å². The van der Waals surface area contributed by atoms with Gasteiger partial charge in [-0.3, -0.25) is 0 Å². The highest BCUT2D eigenvalue weighted by molar-refractivity contribution is 5.79. The number of benzene rings is 3. The van der Waals surface area contributed by atoms with Crippen molar-refractivity contribution in [2.24, 2.45) is 5.92 Å². The molecule has 2 N–H and O–H groups in total. The topological polar surface area (TPSA) is 59.6 Å². The fourth-order valence-electron chi connectivity index (χ4n) is 5.11. The van der Waals surface area contributed by atoms with Gasteiger partial charge in [-0.1, -0.05) is 55.5 Å². The third-order valence-electron chi connectivity index (χ3n) is 7.08. The van der Waals surface area contributed by atoms with E-state index in [-0.39, 0.29) is 12.0 Å². The molecule has 33 heavy (non-hydrogen) atoms. The number of ether oxygens (including phenoxy) is 2. The summed E-state index contributed by atoms with van der Waals surface area (Å²) >= 11 is 0. The predicted octanol–water partition coefficient (Wildman–Crippen LogP) is 5.35. The molecule has 0 saturated heterocycles. The summed E-state index contributed by atoms with van der Waals surface area (Å²) < 4.78 is 11.7. The van der Waals surface area contributed by atoms with Crippen LogP contribution in [0.1, 0.15) is 36.0 Å². The highest BCUT2D eigenvalue weighted by Crippen LogP contribution is 2.44. The average molecular weight is 441 g/mol. The summed E-state index contributed by atoms with van der Waals surface area (Å²) in [4.78, 5) is 12.5. The monoisotopic (exact) mass is 440 g/mol. The Balaban J connectivity index is 1.03. The van der Waals surface area contributed by atoms with Gasteiger partial charge in [0, 0.05) is 24.1 Å². The lowest BCUT2D eigenvalue weighted by molar-refractivity contribution is 0.136. The number of hydrogen-bond donors (Lipinski definition) is 2. The Morgan fingerprint density at radius 1 is 1.03 bits per heavy atom. The number of carbonyl (C=O) groups excluding carboxylic acids is 1. The molecule has 5 heteroatoms. The highest BCUT2D eigenvalue weighted by Gasteiger charge is 2.33. The second-order valence-electron chi connectivity index (χ2n) is 9.44. The second-order valence-corrected chi connectivity index (χ2v) is 9.44. The number of fused-ring (bicyclic) bond motifs is 4. The Kier molecular flexibility index (Phi) is 4.97. The van der Waals surface area contributed by atoms with Crippen LogP contribution in [0.4, 0.5) is 10.5 Å². The lowest BCUT2D eigenvalue weighted by Crippen LogP contribution is -2.35. The normalized spacial score (nSPS) is 22.0. The Morgan fingerprint density at radius 2 is 1.73 bits per heavy atom. The summed E-state index contributed by atoms with van der Waals surface area (Å²) in [6.07, 6.45) is 1.55. The van der Waals surface area contributed by atoms with Gasteiger partial charge in [0.05, 0.1) is 6.54 Å². The molecule has 0 spiro atoms. The van der Waals surface area contributed by atoms with E-state index < -0.39 is 6.09 Å². The van der Waals surface area contributed by atoms with Crippen molar-refractivity contribution in [3.8, 4) is 16.9 Å². The van der Waals surface area contributed by atoms with Gasteiger partial charge in [0.1, 0.15) is 18.5 Å². The number of carbonyl (C=O) groups is 1. The third-order valence-corrected chi connectivity index (χ3v) is 7.08. The first kappa shape index (κ1) is 20.2. The Bertz CT molecular complexity index is 1160. The largest absolute Gasteiger partial charge is 0.488 e. The predicted molar refractivity (Wildman–Crippen MR) is 129 cm³/mol. The van der Waals surface area contributed by atoms with Crippen molar-refractivity contribution in [2.45, 2.75) is 37.8 Å². The molecule has 0 bridgehead atoms. The van der Waals surface area contributed by atoms with Crippen LogP contribution in [-0.4, -0.2) is 31.4 Å². The number of alkyl carbamates (subject to hydrolysis) is 1. The molecule has 5 nitrogen and oxygen atoms in total. The molecule has 168 valence electrons. The van der Waals surface area contributed by atoms with Crippen molar-refractivity contribution in [3.05, 3.63) is 83.4 Å². The molecule has 1 fully saturated rings. The van der Waals surface area contributed by atoms with E-state index in [0.717, 1.165) is 23.8 Å². The van der Waals surface area contributed by atoms with Crippen molar-refractivity contribution in [1.29, 1.82) is 0 Å². The quantitative estimate of drug-likeness (QED) is 0.543. The molecule has 6 rings (SSSR count). The average Bonchev–Trinajstić information content (AvgIpc) is 3.25. The molecule has 3 aromatic carbocycles. The summed E-state index contributed by atoms with van der Waals surface area (Å²) in [6.45, 7) is 3.01.